The lowest BCUT2D eigenvalue weighted by atomic mass is 9.89. The normalized spacial score (nSPS) is 27.3. The Labute approximate surface area is 664 Å². The number of nitrogens with one attached hydrogen (secondary N) is 6. The molecule has 116 heavy (non-hydrogen) atoms. The predicted octanol–water partition coefficient (Wildman–Crippen LogP) is 1.90. The van der Waals surface area contributed by atoms with Crippen molar-refractivity contribution in [2.24, 2.45) is 5.73 Å². The van der Waals surface area contributed by atoms with E-state index in [-0.39, 0.29) is 22.4 Å². The van der Waals surface area contributed by atoms with E-state index in [1.54, 1.807) is 20.8 Å². The molecule has 17 bridgehead atoms. The number of benzene rings is 7. The zero-order valence-electron chi connectivity index (χ0n) is 60.8. The Bertz CT molecular complexity index is 5130. The van der Waals surface area contributed by atoms with E-state index in [0.717, 1.165) is 89.8 Å². The summed E-state index contributed by atoms with van der Waals surface area (Å²) >= 11 is 14.0. The fourth-order valence-corrected chi connectivity index (χ4v) is 14.2. The molecule has 7 aromatic rings. The van der Waals surface area contributed by atoms with Gasteiger partial charge in [0.05, 0.1) is 22.7 Å². The lowest BCUT2D eigenvalue weighted by molar-refractivity contribution is -0.277. The van der Waals surface area contributed by atoms with Gasteiger partial charge in [-0.2, -0.15) is 0 Å². The van der Waals surface area contributed by atoms with Gasteiger partial charge in [0.1, 0.15) is 125 Å². The highest BCUT2D eigenvalue weighted by atomic mass is 35.5. The number of rotatable bonds is 8. The standard InChI is InChI=1S/C76H74Cl2N8O30/c1-76(2,3)116-75(108)86(4)56-28-8-13-40(90)43(18-28)110-33-23-36(49(78)41(91)24-33)53-68(101)82-52-30-19-45(109-32-10-5-26(6-11-32)15-38(65(98)83-53)80-70(56)103)63(114-73-50(79)59(94)61(96)64(115-73)72(106)107)46(20-30)111-42-14-9-29(17-37(42)77)57(92)55-69(102)84-54(71(104)105)35-21-31(88)22-44(112-74-62(97)60(95)58(93)47(25-87)113-74)48(35)34-16-27(7-12-39(34)89)51(66(99)85-55)81-67(52)100/h5-14,16-24,38,47,50-62,64,73-74,87-97H,15,25,79H2,1-4H3,(H,80,103)(H,81,100)(H,82,101)(H,83,98)(H,84,102)(H,85,99)(H,104,105)(H,106,107)/t38?,47-,50-,51?,52?,53?,54?,55?,56?,57?,58-,59-,60+,61+,62+,64+,73-,74?/m1/s1. The Kier molecular flexibility index (Phi) is 22.8. The molecule has 0 spiro atoms. The maximum atomic E-state index is 16.5. The van der Waals surface area contributed by atoms with Crippen molar-refractivity contribution in [2.75, 3.05) is 13.7 Å². The summed E-state index contributed by atoms with van der Waals surface area (Å²) in [6, 6.07) is 2.99. The van der Waals surface area contributed by atoms with Crippen LogP contribution >= 0.6 is 23.2 Å². The Hall–Kier alpha value is -12.1. The molecule has 2 saturated heterocycles. The lowest BCUT2D eigenvalue weighted by Crippen LogP contribution is -2.64. The van der Waals surface area contributed by atoms with Crippen LogP contribution in [0.5, 0.6) is 69.0 Å². The number of likely N-dealkylation sites (N-methyl/N-ethyl adjacent to an activating group) is 1. The van der Waals surface area contributed by atoms with Crippen LogP contribution in [-0.4, -0.2) is 217 Å². The van der Waals surface area contributed by atoms with E-state index < -0.39 is 289 Å². The van der Waals surface area contributed by atoms with Crippen LogP contribution < -0.4 is 61.3 Å². The first-order chi connectivity index (χ1) is 54.8. The van der Waals surface area contributed by atoms with Gasteiger partial charge in [-0.15, -0.1) is 0 Å². The number of carbonyl (C=O) groups excluding carboxylic acids is 7. The Morgan fingerprint density at radius 3 is 1.85 bits per heavy atom. The minimum Gasteiger partial charge on any atom is -0.508 e. The van der Waals surface area contributed by atoms with Gasteiger partial charge >= 0.3 is 18.0 Å². The summed E-state index contributed by atoms with van der Waals surface area (Å²) in [5, 5.41) is 160. The van der Waals surface area contributed by atoms with Crippen molar-refractivity contribution in [1.29, 1.82) is 0 Å². The third-order valence-corrected chi connectivity index (χ3v) is 20.4. The number of aliphatic hydroxyl groups excluding tert-OH is 7. The number of aromatic hydroxyl groups is 4. The second-order valence-corrected chi connectivity index (χ2v) is 29.6. The van der Waals surface area contributed by atoms with Gasteiger partial charge in [-0.05, 0) is 121 Å². The topological polar surface area (TPSA) is 592 Å². The third kappa shape index (κ3) is 16.4. The zero-order chi connectivity index (χ0) is 83.7. The molecule has 38 nitrogen and oxygen atoms in total. The number of ether oxygens (including phenoxy) is 8. The summed E-state index contributed by atoms with van der Waals surface area (Å²) < 4.78 is 48.8. The number of phenolic OH excluding ortho intramolecular Hbond substituents is 4. The van der Waals surface area contributed by atoms with E-state index in [9.17, 15) is 80.8 Å². The number of nitrogens with zero attached hydrogens (tertiary/aromatic N) is 1. The van der Waals surface area contributed by atoms with E-state index in [2.05, 4.69) is 31.9 Å². The maximum absolute atomic E-state index is 16.5. The van der Waals surface area contributed by atoms with Crippen LogP contribution in [0.2, 0.25) is 10.0 Å². The first-order valence-corrected chi connectivity index (χ1v) is 36.1. The average Bonchev–Trinajstić information content (AvgIpc) is 0.774. The molecular formula is C76H74Cl2N8O30. The number of carboxylic acids is 2. The van der Waals surface area contributed by atoms with E-state index in [0.29, 0.717) is 0 Å². The molecule has 7 amide bonds. The summed E-state index contributed by atoms with van der Waals surface area (Å²) in [5.41, 5.74) is 1.60. The van der Waals surface area contributed by atoms with Crippen LogP contribution in [0.25, 0.3) is 11.1 Å². The van der Waals surface area contributed by atoms with Crippen molar-refractivity contribution in [3.63, 3.8) is 0 Å². The number of fused-ring (bicyclic) bond motifs is 14. The summed E-state index contributed by atoms with van der Waals surface area (Å²) in [6.45, 7) is 3.67. The number of nitrogens with two attached hydrogens (primary N) is 1. The predicted molar refractivity (Wildman–Crippen MR) is 393 cm³/mol. The fourth-order valence-electron chi connectivity index (χ4n) is 13.8. The van der Waals surface area contributed by atoms with Crippen molar-refractivity contribution in [2.45, 2.75) is 143 Å². The number of carbonyl (C=O) groups is 9. The Morgan fingerprint density at radius 1 is 0.552 bits per heavy atom. The number of phenols is 4. The molecule has 18 atom stereocenters. The van der Waals surface area contributed by atoms with Crippen LogP contribution in [0.1, 0.15) is 96.0 Å². The highest BCUT2D eigenvalue weighted by Crippen LogP contribution is 2.50. The second kappa shape index (κ2) is 32.3. The summed E-state index contributed by atoms with van der Waals surface area (Å²) in [6.07, 6.45) is -22.7. The van der Waals surface area contributed by atoms with E-state index >= 15 is 28.8 Å². The number of aliphatic carboxylic acids is 2. The SMILES string of the molecule is CN(C(=O)OC(C)(C)C)C1C(=O)NC2Cc3ccc(cc3)Oc3cc4cc(c3O[C@@H]3O[C@H](C(=O)O)[C@@H](O)[C@H](O)[C@H]3N)Oc3ccc(cc3Cl)C(O)C3NC(=O)C(NC(=O)C4NC(=O)C(NC2=O)c2cc(cc(O)c2Cl)Oc2cc1ccc2O)c1ccc(O)c(c1)-c1c(OC2O[C@H](CO)[C@@H](O)[C@H](O)[C@@H]2O)cc(O)cc1C(C(=O)O)NC3=O. The molecule has 8 aliphatic heterocycles. The number of hydrogen-bond donors (Lipinski definition) is 20. The molecule has 0 radical (unpaired) electrons. The summed E-state index contributed by atoms with van der Waals surface area (Å²) in [5.74, 6) is -19.6. The van der Waals surface area contributed by atoms with Crippen LogP contribution in [0.15, 0.2) is 115 Å². The lowest BCUT2D eigenvalue weighted by Gasteiger charge is -2.40. The molecule has 0 aromatic heterocycles. The first-order valence-electron chi connectivity index (χ1n) is 35.3. The van der Waals surface area contributed by atoms with Gasteiger partial charge in [0.25, 0.3) is 0 Å². The van der Waals surface area contributed by atoms with Crippen molar-refractivity contribution in [3.8, 4) is 80.1 Å². The number of amides is 7. The minimum atomic E-state index is -2.48. The highest BCUT2D eigenvalue weighted by molar-refractivity contribution is 6.33. The number of halogens is 2. The number of aliphatic hydroxyl groups is 7. The molecule has 40 heteroatoms. The molecule has 8 heterocycles. The average molecular weight is 1650 g/mol. The van der Waals surface area contributed by atoms with Crippen LogP contribution in [-0.2, 0) is 59.0 Å². The molecule has 612 valence electrons. The van der Waals surface area contributed by atoms with E-state index in [1.165, 1.54) is 37.4 Å². The fraction of sp³-hybridized carbons (Fsp3) is 0.329. The number of hydrogen-bond acceptors (Lipinski definition) is 29. The van der Waals surface area contributed by atoms with Crippen molar-refractivity contribution in [1.82, 2.24) is 36.8 Å². The number of carboxylic acid groups (broad SMARTS) is 2. The molecule has 9 unspecified atom stereocenters. The van der Waals surface area contributed by atoms with Gasteiger partial charge in [-0.3, -0.25) is 33.7 Å². The smallest absolute Gasteiger partial charge is 0.410 e. The molecule has 21 N–H and O–H groups in total. The summed E-state index contributed by atoms with van der Waals surface area (Å²) in [7, 11) is 1.20. The molecule has 0 saturated carbocycles. The van der Waals surface area contributed by atoms with Crippen molar-refractivity contribution >= 4 is 76.7 Å². The molecule has 2 fully saturated rings. The molecule has 0 aliphatic carbocycles. The highest BCUT2D eigenvalue weighted by Gasteiger charge is 2.50. The van der Waals surface area contributed by atoms with Gasteiger partial charge in [-0.1, -0.05) is 53.5 Å². The van der Waals surface area contributed by atoms with Gasteiger partial charge in [0, 0.05) is 47.9 Å². The van der Waals surface area contributed by atoms with Crippen molar-refractivity contribution in [3.05, 3.63) is 164 Å². The summed E-state index contributed by atoms with van der Waals surface area (Å²) in [4.78, 5) is 136. The van der Waals surface area contributed by atoms with Gasteiger partial charge in [-0.25, -0.2) is 14.4 Å². The molecule has 15 rings (SSSR count). The third-order valence-electron chi connectivity index (χ3n) is 19.7. The van der Waals surface area contributed by atoms with E-state index in [1.807, 2.05) is 0 Å². The van der Waals surface area contributed by atoms with E-state index in [4.69, 9.17) is 66.8 Å². The second-order valence-electron chi connectivity index (χ2n) is 28.8. The largest absolute Gasteiger partial charge is 0.508 e. The quantitative estimate of drug-likeness (QED) is 0.103. The van der Waals surface area contributed by atoms with Crippen molar-refractivity contribution < 1.29 is 147 Å². The van der Waals surface area contributed by atoms with Crippen LogP contribution in [0.4, 0.5) is 4.79 Å². The van der Waals surface area contributed by atoms with Gasteiger partial charge in [0.15, 0.2) is 35.1 Å². The van der Waals surface area contributed by atoms with Crippen LogP contribution in [0.3, 0.4) is 0 Å². The molecule has 7 aromatic carbocycles. The van der Waals surface area contributed by atoms with Crippen LogP contribution in [0, 0.1) is 0 Å². The Balaban J connectivity index is 1.05. The zero-order valence-corrected chi connectivity index (χ0v) is 62.3. The molecular weight excluding hydrogens is 1580 g/mol. The van der Waals surface area contributed by atoms with Gasteiger partial charge < -0.3 is 142 Å². The first kappa shape index (κ1) is 81.9. The molecule has 8 aliphatic rings. The monoisotopic (exact) mass is 1650 g/mol. The van der Waals surface area contributed by atoms with Gasteiger partial charge in [0.2, 0.25) is 53.8 Å². The minimum absolute atomic E-state index is 0.0514. The Morgan fingerprint density at radius 2 is 1.18 bits per heavy atom. The maximum Gasteiger partial charge on any atom is 0.410 e.